The van der Waals surface area contributed by atoms with Crippen LogP contribution < -0.4 is 10.5 Å². The van der Waals surface area contributed by atoms with E-state index in [4.69, 9.17) is 10.5 Å². The highest BCUT2D eigenvalue weighted by Gasteiger charge is 2.31. The number of likely N-dealkylation sites (tertiary alicyclic amines) is 1. The van der Waals surface area contributed by atoms with Gasteiger partial charge < -0.3 is 15.4 Å². The van der Waals surface area contributed by atoms with Crippen molar-refractivity contribution in [1.82, 2.24) is 4.90 Å². The van der Waals surface area contributed by atoms with Crippen molar-refractivity contribution < 1.29 is 9.53 Å². The number of carbonyl (C=O) groups excluding carboxylic acids is 1. The number of nitrogens with zero attached hydrogens (tertiary/aromatic N) is 1. The summed E-state index contributed by atoms with van der Waals surface area (Å²) >= 11 is 0. The fourth-order valence-corrected chi connectivity index (χ4v) is 3.72. The Morgan fingerprint density at radius 2 is 1.72 bits per heavy atom. The average molecular weight is 417 g/mol. The number of amides is 1. The van der Waals surface area contributed by atoms with E-state index in [1.54, 1.807) is 0 Å². The number of halogens is 1. The van der Waals surface area contributed by atoms with Gasteiger partial charge in [-0.05, 0) is 66.6 Å². The van der Waals surface area contributed by atoms with Crippen molar-refractivity contribution in [1.29, 1.82) is 0 Å². The first-order valence-electron chi connectivity index (χ1n) is 10.1. The fourth-order valence-electron chi connectivity index (χ4n) is 3.72. The van der Waals surface area contributed by atoms with Gasteiger partial charge in [0.2, 0.25) is 0 Å². The molecule has 1 amide bonds. The van der Waals surface area contributed by atoms with E-state index in [-0.39, 0.29) is 29.8 Å². The lowest BCUT2D eigenvalue weighted by molar-refractivity contribution is 0.0743. The molecule has 1 fully saturated rings. The molecule has 1 heterocycles. The summed E-state index contributed by atoms with van der Waals surface area (Å²) in [6.45, 7) is 10.6. The smallest absolute Gasteiger partial charge is 0.254 e. The van der Waals surface area contributed by atoms with E-state index in [1.807, 2.05) is 41.3 Å². The molecule has 0 spiro atoms. The van der Waals surface area contributed by atoms with Crippen molar-refractivity contribution in [2.24, 2.45) is 11.7 Å². The lowest BCUT2D eigenvalue weighted by Gasteiger charge is -2.21. The summed E-state index contributed by atoms with van der Waals surface area (Å²) in [7, 11) is 0. The highest BCUT2D eigenvalue weighted by molar-refractivity contribution is 5.94. The summed E-state index contributed by atoms with van der Waals surface area (Å²) in [5.74, 6) is 1.36. The van der Waals surface area contributed by atoms with Gasteiger partial charge in [-0.1, -0.05) is 45.0 Å². The second-order valence-electron chi connectivity index (χ2n) is 8.90. The number of hydrogen-bond acceptors (Lipinski definition) is 3. The van der Waals surface area contributed by atoms with Gasteiger partial charge in [0.05, 0.1) is 0 Å². The van der Waals surface area contributed by atoms with Gasteiger partial charge in [-0.25, -0.2) is 0 Å². The van der Waals surface area contributed by atoms with Gasteiger partial charge >= 0.3 is 0 Å². The topological polar surface area (TPSA) is 55.6 Å². The van der Waals surface area contributed by atoms with Crippen molar-refractivity contribution in [3.63, 3.8) is 0 Å². The first-order valence-corrected chi connectivity index (χ1v) is 10.1. The molecule has 1 aliphatic rings. The Morgan fingerprint density at radius 3 is 2.24 bits per heavy atom. The summed E-state index contributed by atoms with van der Waals surface area (Å²) in [6, 6.07) is 16.2. The summed E-state index contributed by atoms with van der Waals surface area (Å²) in [6.07, 6.45) is 0.988. The van der Waals surface area contributed by atoms with E-state index in [0.717, 1.165) is 29.8 Å². The van der Waals surface area contributed by atoms with Gasteiger partial charge in [-0.2, -0.15) is 0 Å². The summed E-state index contributed by atoms with van der Waals surface area (Å²) < 4.78 is 5.90. The van der Waals surface area contributed by atoms with Gasteiger partial charge in [-0.15, -0.1) is 12.4 Å². The lowest BCUT2D eigenvalue weighted by Crippen LogP contribution is -2.34. The number of rotatable bonds is 5. The summed E-state index contributed by atoms with van der Waals surface area (Å²) in [5, 5.41) is 0. The first-order chi connectivity index (χ1) is 13.3. The molecule has 4 nitrogen and oxygen atoms in total. The van der Waals surface area contributed by atoms with Crippen molar-refractivity contribution >= 4 is 18.3 Å². The van der Waals surface area contributed by atoms with E-state index in [0.29, 0.717) is 19.1 Å². The largest absolute Gasteiger partial charge is 0.489 e. The van der Waals surface area contributed by atoms with Gasteiger partial charge in [-0.3, -0.25) is 4.79 Å². The van der Waals surface area contributed by atoms with E-state index in [2.05, 4.69) is 39.8 Å². The zero-order valence-corrected chi connectivity index (χ0v) is 18.7. The Labute approximate surface area is 180 Å². The Morgan fingerprint density at radius 1 is 1.10 bits per heavy atom. The van der Waals surface area contributed by atoms with Crippen LogP contribution >= 0.6 is 12.4 Å². The predicted molar refractivity (Wildman–Crippen MR) is 121 cm³/mol. The third-order valence-electron chi connectivity index (χ3n) is 5.58. The van der Waals surface area contributed by atoms with E-state index >= 15 is 0 Å². The number of ether oxygens (including phenoxy) is 1. The number of benzene rings is 2. The molecule has 2 N–H and O–H groups in total. The molecule has 0 bridgehead atoms. The minimum Gasteiger partial charge on any atom is -0.489 e. The van der Waals surface area contributed by atoms with Crippen LogP contribution in [0.5, 0.6) is 5.75 Å². The van der Waals surface area contributed by atoms with Gasteiger partial charge in [0.25, 0.3) is 5.91 Å². The summed E-state index contributed by atoms with van der Waals surface area (Å²) in [4.78, 5) is 14.7. The summed E-state index contributed by atoms with van der Waals surface area (Å²) in [5.41, 5.74) is 8.97. The third kappa shape index (κ3) is 5.74. The highest BCUT2D eigenvalue weighted by atomic mass is 35.5. The van der Waals surface area contributed by atoms with Gasteiger partial charge in [0.1, 0.15) is 12.4 Å². The Kier molecular flexibility index (Phi) is 7.73. The molecule has 1 saturated heterocycles. The molecule has 3 rings (SSSR count). The maximum Gasteiger partial charge on any atom is 0.254 e. The molecule has 158 valence electrons. The molecule has 0 saturated carbocycles. The van der Waals surface area contributed by atoms with Crippen LogP contribution in [-0.2, 0) is 12.0 Å². The van der Waals surface area contributed by atoms with Crippen LogP contribution in [0.3, 0.4) is 0 Å². The van der Waals surface area contributed by atoms with Gasteiger partial charge in [0.15, 0.2) is 0 Å². The zero-order valence-electron chi connectivity index (χ0n) is 17.9. The Bertz CT molecular complexity index is 797. The molecule has 2 aromatic carbocycles. The molecule has 0 radical (unpaired) electrons. The second kappa shape index (κ2) is 9.64. The van der Waals surface area contributed by atoms with E-state index in [9.17, 15) is 4.79 Å². The van der Waals surface area contributed by atoms with Crippen LogP contribution in [0, 0.1) is 5.92 Å². The van der Waals surface area contributed by atoms with Crippen molar-refractivity contribution in [3.05, 3.63) is 65.2 Å². The minimum absolute atomic E-state index is 0. The molecular weight excluding hydrogens is 384 g/mol. The molecule has 2 atom stereocenters. The van der Waals surface area contributed by atoms with Gasteiger partial charge in [0, 0.05) is 18.2 Å². The number of hydrogen-bond donors (Lipinski definition) is 1. The third-order valence-corrected chi connectivity index (χ3v) is 5.58. The van der Waals surface area contributed by atoms with Crippen LogP contribution in [0.2, 0.25) is 0 Å². The minimum atomic E-state index is 0. The quantitative estimate of drug-likeness (QED) is 0.761. The van der Waals surface area contributed by atoms with Crippen LogP contribution in [0.4, 0.5) is 0 Å². The molecule has 2 unspecified atom stereocenters. The molecule has 29 heavy (non-hydrogen) atoms. The average Bonchev–Trinajstić information content (AvgIpc) is 3.06. The van der Waals surface area contributed by atoms with Crippen LogP contribution in [0.15, 0.2) is 48.5 Å². The predicted octanol–water partition coefficient (Wildman–Crippen LogP) is 4.79. The van der Waals surface area contributed by atoms with Crippen molar-refractivity contribution in [2.75, 3.05) is 13.1 Å². The molecule has 1 aliphatic heterocycles. The molecular formula is C24H33ClN2O2. The standard InChI is InChI=1S/C24H32N2O2.ClH/c1-17-13-19(14-25)15-26(17)23(27)20-7-5-18(6-8-20)16-28-22-11-9-21(10-12-22)24(2,3)4;/h5-12,17,19H,13-16,25H2,1-4H3;1H. The first kappa shape index (κ1) is 23.2. The molecule has 0 aromatic heterocycles. The fraction of sp³-hybridized carbons (Fsp3) is 0.458. The Hall–Kier alpha value is -2.04. The maximum atomic E-state index is 12.8. The zero-order chi connectivity index (χ0) is 20.3. The second-order valence-corrected chi connectivity index (χ2v) is 8.90. The SMILES string of the molecule is CC1CC(CN)CN1C(=O)c1ccc(COc2ccc(C(C)(C)C)cc2)cc1.Cl. The number of carbonyl (C=O) groups is 1. The monoisotopic (exact) mass is 416 g/mol. The van der Waals surface area contributed by atoms with Crippen molar-refractivity contribution in [2.45, 2.75) is 52.2 Å². The molecule has 5 heteroatoms. The number of nitrogens with two attached hydrogens (primary N) is 1. The van der Waals surface area contributed by atoms with Crippen molar-refractivity contribution in [3.8, 4) is 5.75 Å². The van der Waals surface area contributed by atoms with Crippen LogP contribution in [0.1, 0.15) is 55.6 Å². The van der Waals surface area contributed by atoms with E-state index in [1.165, 1.54) is 5.56 Å². The highest BCUT2D eigenvalue weighted by Crippen LogP contribution is 2.26. The molecule has 0 aliphatic carbocycles. The molecule has 2 aromatic rings. The normalized spacial score (nSPS) is 19.0. The van der Waals surface area contributed by atoms with Crippen LogP contribution in [0.25, 0.3) is 0 Å². The maximum absolute atomic E-state index is 12.8. The van der Waals surface area contributed by atoms with Crippen LogP contribution in [-0.4, -0.2) is 29.9 Å². The Balaban J connectivity index is 0.00000300. The lowest BCUT2D eigenvalue weighted by atomic mass is 9.87. The van der Waals surface area contributed by atoms with E-state index < -0.39 is 0 Å².